The zero-order valence-electron chi connectivity index (χ0n) is 18.6. The normalized spacial score (nSPS) is 15.6. The van der Waals surface area contributed by atoms with E-state index in [1.54, 1.807) is 6.07 Å². The summed E-state index contributed by atoms with van der Waals surface area (Å²) >= 11 is 10.8. The van der Waals surface area contributed by atoms with Gasteiger partial charge in [0.2, 0.25) is 0 Å². The highest BCUT2D eigenvalue weighted by Crippen LogP contribution is 2.33. The molecule has 0 unspecified atom stereocenters. The topological polar surface area (TPSA) is 59.9 Å². The summed E-state index contributed by atoms with van der Waals surface area (Å²) in [6, 6.07) is 19.1. The van der Waals surface area contributed by atoms with Crippen molar-refractivity contribution in [1.82, 2.24) is 5.32 Å². The van der Waals surface area contributed by atoms with Gasteiger partial charge in [0.1, 0.15) is 6.61 Å². The van der Waals surface area contributed by atoms with Crippen LogP contribution < -0.4 is 14.8 Å². The van der Waals surface area contributed by atoms with Crippen LogP contribution in [0.5, 0.6) is 11.5 Å². The van der Waals surface area contributed by atoms with Crippen LogP contribution in [0.2, 0.25) is 5.02 Å². The number of nitrogens with one attached hydrogen (secondary N) is 1. The van der Waals surface area contributed by atoms with Crippen LogP contribution in [0, 0.1) is 6.92 Å². The molecule has 4 rings (SSSR count). The van der Waals surface area contributed by atoms with Crippen LogP contribution in [0.25, 0.3) is 6.08 Å². The molecule has 0 aromatic heterocycles. The van der Waals surface area contributed by atoms with E-state index in [9.17, 15) is 4.79 Å². The van der Waals surface area contributed by atoms with Gasteiger partial charge in [0.15, 0.2) is 16.7 Å². The Morgan fingerprint density at radius 1 is 1.06 bits per heavy atom. The highest BCUT2D eigenvalue weighted by molar-refractivity contribution is 9.10. The van der Waals surface area contributed by atoms with Crippen molar-refractivity contribution in [2.24, 2.45) is 4.99 Å². The lowest BCUT2D eigenvalue weighted by molar-refractivity contribution is -0.115. The van der Waals surface area contributed by atoms with E-state index in [1.807, 2.05) is 74.5 Å². The maximum atomic E-state index is 12.5. The fraction of sp³-hybridized carbons (Fsp3) is 0.154. The number of hydrogen-bond donors (Lipinski definition) is 1. The van der Waals surface area contributed by atoms with Gasteiger partial charge in [0, 0.05) is 9.50 Å². The van der Waals surface area contributed by atoms with Gasteiger partial charge in [-0.1, -0.05) is 45.7 Å². The molecule has 1 saturated heterocycles. The monoisotopic (exact) mass is 556 g/mol. The van der Waals surface area contributed by atoms with Gasteiger partial charge in [-0.15, -0.1) is 0 Å². The van der Waals surface area contributed by atoms with Gasteiger partial charge in [0.05, 0.1) is 17.2 Å². The summed E-state index contributed by atoms with van der Waals surface area (Å²) in [5.74, 6) is 1.09. The van der Waals surface area contributed by atoms with Crippen LogP contribution in [0.4, 0.5) is 5.69 Å². The van der Waals surface area contributed by atoms with Crippen molar-refractivity contribution in [3.8, 4) is 11.5 Å². The molecule has 3 aromatic carbocycles. The lowest BCUT2D eigenvalue weighted by atomic mass is 10.2. The first-order chi connectivity index (χ1) is 16.4. The number of rotatable bonds is 7. The number of ether oxygens (including phenoxy) is 2. The number of amides is 1. The Labute approximate surface area is 216 Å². The van der Waals surface area contributed by atoms with Crippen LogP contribution in [-0.2, 0) is 11.4 Å². The fourth-order valence-corrected chi connectivity index (χ4v) is 4.56. The van der Waals surface area contributed by atoms with Gasteiger partial charge >= 0.3 is 0 Å². The average Bonchev–Trinajstić information content (AvgIpc) is 3.15. The molecular formula is C26H22BrClN2O3S. The minimum Gasteiger partial charge on any atom is -0.490 e. The summed E-state index contributed by atoms with van der Waals surface area (Å²) in [7, 11) is 0. The van der Waals surface area contributed by atoms with Crippen molar-refractivity contribution in [2.45, 2.75) is 20.5 Å². The summed E-state index contributed by atoms with van der Waals surface area (Å²) in [6.07, 6.45) is 1.82. The third-order valence-electron chi connectivity index (χ3n) is 4.90. The summed E-state index contributed by atoms with van der Waals surface area (Å²) in [5, 5.41) is 4.00. The first-order valence-electron chi connectivity index (χ1n) is 10.6. The summed E-state index contributed by atoms with van der Waals surface area (Å²) < 4.78 is 12.8. The van der Waals surface area contributed by atoms with Crippen molar-refractivity contribution in [2.75, 3.05) is 6.61 Å². The van der Waals surface area contributed by atoms with E-state index in [0.717, 1.165) is 26.9 Å². The molecule has 3 aromatic rings. The third kappa shape index (κ3) is 6.23. The van der Waals surface area contributed by atoms with E-state index < -0.39 is 0 Å². The molecule has 1 fully saturated rings. The van der Waals surface area contributed by atoms with E-state index in [2.05, 4.69) is 26.2 Å². The second-order valence-electron chi connectivity index (χ2n) is 7.47. The maximum Gasteiger partial charge on any atom is 0.264 e. The molecule has 1 heterocycles. The SMILES string of the molecule is CCOc1cc(/C=C2\SC(=Nc3ccc(Cl)cc3C)NC2=O)ccc1OCc1ccc(Br)cc1. The van der Waals surface area contributed by atoms with Crippen LogP contribution in [0.15, 0.2) is 75.0 Å². The number of carbonyl (C=O) groups excluding carboxylic acids is 1. The Kier molecular flexibility index (Phi) is 7.98. The molecule has 0 aliphatic carbocycles. The molecule has 1 aliphatic rings. The molecule has 34 heavy (non-hydrogen) atoms. The molecule has 0 bridgehead atoms. The number of thioether (sulfide) groups is 1. The number of aliphatic imine (C=N–C) groups is 1. The Hall–Kier alpha value is -2.74. The molecule has 0 radical (unpaired) electrons. The largest absolute Gasteiger partial charge is 0.490 e. The van der Waals surface area contributed by atoms with E-state index in [0.29, 0.717) is 39.8 Å². The van der Waals surface area contributed by atoms with E-state index >= 15 is 0 Å². The minimum atomic E-state index is -0.191. The number of nitrogens with zero attached hydrogens (tertiary/aromatic N) is 1. The van der Waals surface area contributed by atoms with Gasteiger partial charge in [0.25, 0.3) is 5.91 Å². The quantitative estimate of drug-likeness (QED) is 0.310. The number of aryl methyl sites for hydroxylation is 1. The Balaban J connectivity index is 1.51. The number of carbonyl (C=O) groups is 1. The summed E-state index contributed by atoms with van der Waals surface area (Å²) in [4.78, 5) is 17.6. The lowest BCUT2D eigenvalue weighted by Gasteiger charge is -2.13. The van der Waals surface area contributed by atoms with Crippen molar-refractivity contribution in [3.05, 3.63) is 91.8 Å². The predicted octanol–water partition coefficient (Wildman–Crippen LogP) is 7.28. The summed E-state index contributed by atoms with van der Waals surface area (Å²) in [6.45, 7) is 4.78. The third-order valence-corrected chi connectivity index (χ3v) is 6.58. The molecule has 0 spiro atoms. The Morgan fingerprint density at radius 2 is 1.85 bits per heavy atom. The highest BCUT2D eigenvalue weighted by atomic mass is 79.9. The second kappa shape index (κ2) is 11.1. The van der Waals surface area contributed by atoms with Crippen LogP contribution >= 0.6 is 39.3 Å². The molecule has 0 saturated carbocycles. The van der Waals surface area contributed by atoms with E-state index in [4.69, 9.17) is 21.1 Å². The van der Waals surface area contributed by atoms with Gasteiger partial charge < -0.3 is 14.8 Å². The molecule has 1 aliphatic heterocycles. The van der Waals surface area contributed by atoms with Gasteiger partial charge in [-0.2, -0.15) is 0 Å². The Bertz CT molecular complexity index is 1280. The summed E-state index contributed by atoms with van der Waals surface area (Å²) in [5.41, 5.74) is 3.59. The molecule has 174 valence electrons. The van der Waals surface area contributed by atoms with Crippen molar-refractivity contribution < 1.29 is 14.3 Å². The zero-order chi connectivity index (χ0) is 24.1. The zero-order valence-corrected chi connectivity index (χ0v) is 21.8. The van der Waals surface area contributed by atoms with Crippen LogP contribution in [-0.4, -0.2) is 17.7 Å². The fourth-order valence-electron chi connectivity index (χ4n) is 3.23. The molecule has 0 atom stereocenters. The maximum absolute atomic E-state index is 12.5. The lowest BCUT2D eigenvalue weighted by Crippen LogP contribution is -2.19. The van der Waals surface area contributed by atoms with Gasteiger partial charge in [-0.25, -0.2) is 4.99 Å². The average molecular weight is 558 g/mol. The van der Waals surface area contributed by atoms with Crippen molar-refractivity contribution in [1.29, 1.82) is 0 Å². The standard InChI is InChI=1S/C26H22BrClN2O3S/c1-3-32-23-13-18(6-11-22(23)33-15-17-4-7-19(27)8-5-17)14-24-25(31)30-26(34-24)29-21-10-9-20(28)12-16(21)2/h4-14H,3,15H2,1-2H3,(H,29,30,31)/b24-14-. The predicted molar refractivity (Wildman–Crippen MR) is 143 cm³/mol. The molecule has 5 nitrogen and oxygen atoms in total. The number of benzene rings is 3. The number of amidine groups is 1. The molecular weight excluding hydrogens is 536 g/mol. The molecule has 1 N–H and O–H groups in total. The first-order valence-corrected chi connectivity index (χ1v) is 12.6. The van der Waals surface area contributed by atoms with Crippen LogP contribution in [0.3, 0.4) is 0 Å². The molecule has 1 amide bonds. The van der Waals surface area contributed by atoms with E-state index in [1.165, 1.54) is 11.8 Å². The van der Waals surface area contributed by atoms with E-state index in [-0.39, 0.29) is 5.91 Å². The highest BCUT2D eigenvalue weighted by Gasteiger charge is 2.24. The van der Waals surface area contributed by atoms with Gasteiger partial charge in [-0.05, 0) is 90.8 Å². The van der Waals surface area contributed by atoms with Crippen molar-refractivity contribution in [3.63, 3.8) is 0 Å². The molecule has 8 heteroatoms. The first kappa shape index (κ1) is 24.4. The second-order valence-corrected chi connectivity index (χ2v) is 9.85. The number of hydrogen-bond acceptors (Lipinski definition) is 5. The van der Waals surface area contributed by atoms with Gasteiger partial charge in [-0.3, -0.25) is 4.79 Å². The van der Waals surface area contributed by atoms with Crippen molar-refractivity contribution >= 4 is 62.1 Å². The van der Waals surface area contributed by atoms with Crippen LogP contribution in [0.1, 0.15) is 23.6 Å². The minimum absolute atomic E-state index is 0.191. The Morgan fingerprint density at radius 3 is 2.59 bits per heavy atom. The number of halogens is 2. The smallest absolute Gasteiger partial charge is 0.264 e.